The number of ether oxygens (including phenoxy) is 1. The van der Waals surface area contributed by atoms with E-state index in [0.29, 0.717) is 39.4 Å². The fourth-order valence-corrected chi connectivity index (χ4v) is 4.17. The highest BCUT2D eigenvalue weighted by Crippen LogP contribution is 2.20. The first-order valence-electron chi connectivity index (χ1n) is 8.98. The molecule has 3 rings (SSSR count). The molecule has 0 atom stereocenters. The Morgan fingerprint density at radius 3 is 2.60 bits per heavy atom. The van der Waals surface area contributed by atoms with E-state index in [9.17, 15) is 9.59 Å². The molecule has 0 aliphatic carbocycles. The van der Waals surface area contributed by atoms with E-state index in [-0.39, 0.29) is 17.7 Å². The van der Waals surface area contributed by atoms with Crippen LogP contribution in [-0.2, 0) is 20.9 Å². The maximum atomic E-state index is 12.5. The monoisotopic (exact) mass is 365 g/mol. The minimum atomic E-state index is 0.105. The van der Waals surface area contributed by atoms with Crippen LogP contribution in [0.2, 0.25) is 0 Å². The zero-order chi connectivity index (χ0) is 17.6. The molecule has 2 saturated heterocycles. The maximum Gasteiger partial charge on any atom is 0.236 e. The third kappa shape index (κ3) is 5.03. The topological polar surface area (TPSA) is 53.1 Å². The average molecular weight is 365 g/mol. The van der Waals surface area contributed by atoms with E-state index < -0.39 is 0 Å². The number of nitrogens with zero attached hydrogens (tertiary/aromatic N) is 3. The van der Waals surface area contributed by atoms with Gasteiger partial charge in [0.2, 0.25) is 11.8 Å². The third-order valence-electron chi connectivity index (χ3n) is 5.02. The first-order valence-corrected chi connectivity index (χ1v) is 9.86. The number of likely N-dealkylation sites (tertiary alicyclic amines) is 1. The van der Waals surface area contributed by atoms with Crippen molar-refractivity contribution in [2.75, 3.05) is 53.0 Å². The molecule has 1 aromatic heterocycles. The van der Waals surface area contributed by atoms with Crippen molar-refractivity contribution in [2.24, 2.45) is 5.92 Å². The Morgan fingerprint density at radius 1 is 1.24 bits per heavy atom. The summed E-state index contributed by atoms with van der Waals surface area (Å²) in [7, 11) is 1.86. The second-order valence-electron chi connectivity index (χ2n) is 6.82. The molecular weight excluding hydrogens is 338 g/mol. The molecule has 0 unspecified atom stereocenters. The first kappa shape index (κ1) is 18.4. The number of rotatable bonds is 5. The van der Waals surface area contributed by atoms with Gasteiger partial charge in [0.25, 0.3) is 0 Å². The van der Waals surface area contributed by atoms with Crippen LogP contribution in [0, 0.1) is 5.92 Å². The molecule has 1 aromatic rings. The summed E-state index contributed by atoms with van der Waals surface area (Å²) in [5.41, 5.74) is 0. The van der Waals surface area contributed by atoms with E-state index in [1.54, 1.807) is 16.2 Å². The lowest BCUT2D eigenvalue weighted by Crippen LogP contribution is -2.48. The van der Waals surface area contributed by atoms with Crippen molar-refractivity contribution < 1.29 is 14.3 Å². The van der Waals surface area contributed by atoms with Crippen LogP contribution in [0.25, 0.3) is 0 Å². The largest absolute Gasteiger partial charge is 0.378 e. The normalized spacial score (nSPS) is 19.8. The standard InChI is InChI=1S/C18H27N3O3S/c1-19(13-16-3-2-12-25-16)17(22)14-20-6-4-15(5-7-20)18(23)21-8-10-24-11-9-21/h2-3,12,15H,4-11,13-14H2,1H3. The number of likely N-dealkylation sites (N-methyl/N-ethyl adjacent to an activating group) is 1. The van der Waals surface area contributed by atoms with Crippen LogP contribution in [0.1, 0.15) is 17.7 Å². The summed E-state index contributed by atoms with van der Waals surface area (Å²) in [4.78, 5) is 32.0. The van der Waals surface area contributed by atoms with Gasteiger partial charge in [-0.3, -0.25) is 14.5 Å². The SMILES string of the molecule is CN(Cc1cccs1)C(=O)CN1CCC(C(=O)N2CCOCC2)CC1. The summed E-state index contributed by atoms with van der Waals surface area (Å²) in [6.45, 7) is 5.48. The van der Waals surface area contributed by atoms with E-state index in [1.165, 1.54) is 4.88 Å². The molecule has 6 nitrogen and oxygen atoms in total. The van der Waals surface area contributed by atoms with Crippen molar-refractivity contribution in [1.29, 1.82) is 0 Å². The summed E-state index contributed by atoms with van der Waals surface area (Å²) in [6, 6.07) is 4.06. The van der Waals surface area contributed by atoms with Crippen LogP contribution in [0.4, 0.5) is 0 Å². The van der Waals surface area contributed by atoms with Crippen LogP contribution in [0.3, 0.4) is 0 Å². The Balaban J connectivity index is 1.41. The van der Waals surface area contributed by atoms with E-state index in [1.807, 2.05) is 23.4 Å². The molecule has 2 amide bonds. The number of carbonyl (C=O) groups is 2. The fourth-order valence-electron chi connectivity index (χ4n) is 3.42. The summed E-state index contributed by atoms with van der Waals surface area (Å²) in [5, 5.41) is 2.03. The predicted octanol–water partition coefficient (Wildman–Crippen LogP) is 1.28. The minimum Gasteiger partial charge on any atom is -0.378 e. The van der Waals surface area contributed by atoms with Gasteiger partial charge >= 0.3 is 0 Å². The molecule has 0 aromatic carbocycles. The van der Waals surface area contributed by atoms with Crippen molar-refractivity contribution in [3.63, 3.8) is 0 Å². The van der Waals surface area contributed by atoms with Crippen LogP contribution < -0.4 is 0 Å². The summed E-state index contributed by atoms with van der Waals surface area (Å²) >= 11 is 1.67. The van der Waals surface area contributed by atoms with Crippen molar-refractivity contribution in [2.45, 2.75) is 19.4 Å². The highest BCUT2D eigenvalue weighted by atomic mass is 32.1. The number of piperidine rings is 1. The Kier molecular flexibility index (Phi) is 6.45. The number of thiophene rings is 1. The van der Waals surface area contributed by atoms with Gasteiger partial charge in [0, 0.05) is 30.9 Å². The molecule has 138 valence electrons. The van der Waals surface area contributed by atoms with Crippen molar-refractivity contribution in [3.05, 3.63) is 22.4 Å². The molecule has 0 saturated carbocycles. The summed E-state index contributed by atoms with van der Waals surface area (Å²) in [5.74, 6) is 0.517. The number of amides is 2. The second kappa shape index (κ2) is 8.78. The summed E-state index contributed by atoms with van der Waals surface area (Å²) < 4.78 is 5.31. The molecule has 2 fully saturated rings. The second-order valence-corrected chi connectivity index (χ2v) is 7.85. The number of morpholine rings is 1. The van der Waals surface area contributed by atoms with E-state index in [0.717, 1.165) is 25.9 Å². The summed E-state index contributed by atoms with van der Waals surface area (Å²) in [6.07, 6.45) is 1.69. The number of hydrogen-bond acceptors (Lipinski definition) is 5. The fraction of sp³-hybridized carbons (Fsp3) is 0.667. The van der Waals surface area contributed by atoms with Crippen LogP contribution in [0.15, 0.2) is 17.5 Å². The molecule has 2 aliphatic heterocycles. The quantitative estimate of drug-likeness (QED) is 0.789. The molecule has 2 aliphatic rings. The number of hydrogen-bond donors (Lipinski definition) is 0. The van der Waals surface area contributed by atoms with E-state index in [4.69, 9.17) is 4.74 Å². The van der Waals surface area contributed by atoms with E-state index in [2.05, 4.69) is 11.0 Å². The van der Waals surface area contributed by atoms with Gasteiger partial charge in [0.05, 0.1) is 26.3 Å². The van der Waals surface area contributed by atoms with Crippen molar-refractivity contribution in [3.8, 4) is 0 Å². The van der Waals surface area contributed by atoms with Gasteiger partial charge in [-0.2, -0.15) is 0 Å². The van der Waals surface area contributed by atoms with Gasteiger partial charge < -0.3 is 14.5 Å². The van der Waals surface area contributed by atoms with E-state index >= 15 is 0 Å². The molecule has 0 bridgehead atoms. The van der Waals surface area contributed by atoms with Gasteiger partial charge in [0.1, 0.15) is 0 Å². The Morgan fingerprint density at radius 2 is 1.96 bits per heavy atom. The molecule has 3 heterocycles. The maximum absolute atomic E-state index is 12.5. The molecule has 25 heavy (non-hydrogen) atoms. The Hall–Kier alpha value is -1.44. The molecule has 0 spiro atoms. The van der Waals surface area contributed by atoms with Gasteiger partial charge in [0.15, 0.2) is 0 Å². The van der Waals surface area contributed by atoms with Gasteiger partial charge in [-0.15, -0.1) is 11.3 Å². The highest BCUT2D eigenvalue weighted by Gasteiger charge is 2.30. The third-order valence-corrected chi connectivity index (χ3v) is 5.88. The van der Waals surface area contributed by atoms with Crippen LogP contribution >= 0.6 is 11.3 Å². The van der Waals surface area contributed by atoms with Gasteiger partial charge in [-0.05, 0) is 37.4 Å². The van der Waals surface area contributed by atoms with Gasteiger partial charge in [-0.1, -0.05) is 6.07 Å². The first-order chi connectivity index (χ1) is 12.1. The molecular formula is C18H27N3O3S. The zero-order valence-corrected chi connectivity index (χ0v) is 15.7. The predicted molar refractivity (Wildman–Crippen MR) is 97.4 cm³/mol. The Bertz CT molecular complexity index is 564. The van der Waals surface area contributed by atoms with Crippen molar-refractivity contribution >= 4 is 23.2 Å². The Labute approximate surface area is 153 Å². The highest BCUT2D eigenvalue weighted by molar-refractivity contribution is 7.09. The van der Waals surface area contributed by atoms with Crippen LogP contribution in [-0.4, -0.2) is 79.5 Å². The molecule has 0 radical (unpaired) electrons. The smallest absolute Gasteiger partial charge is 0.236 e. The minimum absolute atomic E-state index is 0.105. The lowest BCUT2D eigenvalue weighted by atomic mass is 9.95. The van der Waals surface area contributed by atoms with Crippen molar-refractivity contribution in [1.82, 2.24) is 14.7 Å². The molecule has 0 N–H and O–H groups in total. The van der Waals surface area contributed by atoms with Crippen LogP contribution in [0.5, 0.6) is 0 Å². The average Bonchev–Trinajstić information content (AvgIpc) is 3.15. The lowest BCUT2D eigenvalue weighted by molar-refractivity contribution is -0.141. The zero-order valence-electron chi connectivity index (χ0n) is 14.9. The van der Waals surface area contributed by atoms with Gasteiger partial charge in [-0.25, -0.2) is 0 Å². The molecule has 7 heteroatoms. The lowest BCUT2D eigenvalue weighted by Gasteiger charge is -2.35. The number of carbonyl (C=O) groups excluding carboxylic acids is 2.